The summed E-state index contributed by atoms with van der Waals surface area (Å²) < 4.78 is 0. The Hall–Kier alpha value is 1.29. The summed E-state index contributed by atoms with van der Waals surface area (Å²) in [6.07, 6.45) is 0. The van der Waals surface area contributed by atoms with E-state index in [-0.39, 0.29) is 0 Å². The van der Waals surface area contributed by atoms with E-state index in [1.54, 1.807) is 0 Å². The van der Waals surface area contributed by atoms with Crippen LogP contribution < -0.4 is 0 Å². The summed E-state index contributed by atoms with van der Waals surface area (Å²) in [5.74, 6) is 0. The van der Waals surface area contributed by atoms with E-state index < -0.39 is 9.10 Å². The average Bonchev–Trinajstić information content (AvgIpc) is 0.650. The van der Waals surface area contributed by atoms with Gasteiger partial charge in [0.1, 0.15) is 0 Å². The second-order valence-electron chi connectivity index (χ2n) is 3.36. The summed E-state index contributed by atoms with van der Waals surface area (Å²) in [7, 11) is -1.52. The van der Waals surface area contributed by atoms with Gasteiger partial charge in [0.2, 0.25) is 0 Å². The van der Waals surface area contributed by atoms with Crippen molar-refractivity contribution in [3.05, 3.63) is 0 Å². The molecule has 0 nitrogen and oxygen atoms in total. The molecule has 0 saturated carbocycles. The minimum atomic E-state index is -1.52. The molecule has 2 heteroatoms. The zero-order valence-corrected chi connectivity index (χ0v) is 8.86. The van der Waals surface area contributed by atoms with Crippen LogP contribution in [0.1, 0.15) is 0 Å². The van der Waals surface area contributed by atoms with Gasteiger partial charge in [-0.1, -0.05) is 0 Å². The molecule has 0 aromatic rings. The molecule has 0 aliphatic rings. The van der Waals surface area contributed by atoms with Crippen LogP contribution in [-0.2, 0) is 0 Å². The monoisotopic (exact) mass is 262 g/mol. The molecule has 0 amide bonds. The Morgan fingerprint density at radius 2 is 1.00 bits per heavy atom. The van der Waals surface area contributed by atoms with E-state index in [4.69, 9.17) is 0 Å². The maximum absolute atomic E-state index is 2.59. The molecule has 0 spiro atoms. The molecule has 0 atom stereocenters. The Labute approximate surface area is 51.9 Å². The van der Waals surface area contributed by atoms with Gasteiger partial charge in [0, 0.05) is 0 Å². The molecule has 0 aliphatic carbocycles. The van der Waals surface area contributed by atoms with E-state index in [1.807, 2.05) is 0 Å². The van der Waals surface area contributed by atoms with Gasteiger partial charge in [0.25, 0.3) is 0 Å². The van der Waals surface area contributed by atoms with Crippen LogP contribution in [0, 0.1) is 0 Å². The first kappa shape index (κ1) is 7.29. The fourth-order valence-corrected chi connectivity index (χ4v) is 0. The Morgan fingerprint density at radius 3 is 1.00 bits per heavy atom. The molecule has 6 heavy (non-hydrogen) atoms. The van der Waals surface area contributed by atoms with Crippen molar-refractivity contribution in [2.75, 3.05) is 0 Å². The summed E-state index contributed by atoms with van der Waals surface area (Å²) in [4.78, 5) is 0. The van der Waals surface area contributed by atoms with E-state index in [0.29, 0.717) is 0 Å². The van der Waals surface area contributed by atoms with E-state index in [2.05, 4.69) is 43.0 Å². The Kier molecular flexibility index (Phi) is 1.68. The molecular weight excluding hydrogens is 250 g/mol. The van der Waals surface area contributed by atoms with Gasteiger partial charge in [0.15, 0.2) is 0 Å². The molecule has 40 valence electrons. The molecule has 0 fully saturated rings. The molecule has 0 N–H and O–H groups in total. The van der Waals surface area contributed by atoms with Gasteiger partial charge in [-0.05, 0) is 0 Å². The zero-order chi connectivity index (χ0) is 5.45. The molecule has 0 aromatic heterocycles. The van der Waals surface area contributed by atoms with Crippen molar-refractivity contribution in [1.82, 2.24) is 0 Å². The molecule has 0 unspecified atom stereocenters. The third-order valence-electron chi connectivity index (χ3n) is 0. The third kappa shape index (κ3) is 58.6. The fraction of sp³-hybridized carbons (Fsp3) is 1.00. The van der Waals surface area contributed by atoms with Crippen molar-refractivity contribution < 1.29 is 0 Å². The van der Waals surface area contributed by atoms with Crippen LogP contribution in [0.25, 0.3) is 0 Å². The van der Waals surface area contributed by atoms with Gasteiger partial charge in [-0.3, -0.25) is 0 Å². The first-order valence-electron chi connectivity index (χ1n) is 1.96. The Balaban J connectivity index is 3.73. The standard InChI is InChI=1S/C4H12AsI/c1-5(2,3,4)6/h1-4H3. The normalized spacial score (nSPS) is 19.2. The van der Waals surface area contributed by atoms with Crippen molar-refractivity contribution in [3.63, 3.8) is 0 Å². The van der Waals surface area contributed by atoms with Crippen LogP contribution >= 0.6 is 20.1 Å². The van der Waals surface area contributed by atoms with Crippen LogP contribution in [0.15, 0.2) is 0 Å². The first-order valence-corrected chi connectivity index (χ1v) is 15.2. The molecular formula is C4H12AsI. The average molecular weight is 262 g/mol. The van der Waals surface area contributed by atoms with Crippen LogP contribution in [0.3, 0.4) is 0 Å². The summed E-state index contributed by atoms with van der Waals surface area (Å²) in [6.45, 7) is 0. The van der Waals surface area contributed by atoms with Crippen LogP contribution in [0.5, 0.6) is 0 Å². The number of rotatable bonds is 0. The maximum atomic E-state index is 2.59. The van der Waals surface area contributed by atoms with Crippen molar-refractivity contribution in [1.29, 1.82) is 0 Å². The van der Waals surface area contributed by atoms with E-state index in [0.717, 1.165) is 0 Å². The van der Waals surface area contributed by atoms with Crippen LogP contribution in [-0.4, -0.2) is 9.10 Å². The van der Waals surface area contributed by atoms with Crippen LogP contribution in [0.2, 0.25) is 22.8 Å². The van der Waals surface area contributed by atoms with Crippen molar-refractivity contribution in [2.45, 2.75) is 22.8 Å². The predicted molar refractivity (Wildman–Crippen MR) is 43.2 cm³/mol. The summed E-state index contributed by atoms with van der Waals surface area (Å²) in [5, 5.41) is 0. The van der Waals surface area contributed by atoms with Gasteiger partial charge in [0.05, 0.1) is 0 Å². The molecule has 0 heterocycles. The molecule has 0 radical (unpaired) electrons. The molecule has 0 saturated heterocycles. The quantitative estimate of drug-likeness (QED) is 0.465. The van der Waals surface area contributed by atoms with Crippen LogP contribution in [0.4, 0.5) is 0 Å². The van der Waals surface area contributed by atoms with Gasteiger partial charge >= 0.3 is 52.1 Å². The number of hydrogen-bond donors (Lipinski definition) is 0. The van der Waals surface area contributed by atoms with E-state index in [9.17, 15) is 0 Å². The molecule has 0 aromatic carbocycles. The van der Waals surface area contributed by atoms with Crippen molar-refractivity contribution in [2.24, 2.45) is 0 Å². The summed E-state index contributed by atoms with van der Waals surface area (Å²) in [6, 6.07) is 0. The molecule has 0 rings (SSSR count). The Bertz CT molecular complexity index is 40.7. The number of halogens is 1. The number of hydrogen-bond acceptors (Lipinski definition) is 0. The fourth-order valence-electron chi connectivity index (χ4n) is 0. The predicted octanol–water partition coefficient (Wildman–Crippen LogP) is 2.84. The second kappa shape index (κ2) is 1.38. The zero-order valence-electron chi connectivity index (χ0n) is 4.83. The second-order valence-corrected chi connectivity index (χ2v) is 37.5. The SMILES string of the molecule is C[As](C)(C)(C)I. The van der Waals surface area contributed by atoms with E-state index >= 15 is 0 Å². The third-order valence-corrected chi connectivity index (χ3v) is 0. The van der Waals surface area contributed by atoms with Gasteiger partial charge in [-0.15, -0.1) is 0 Å². The topological polar surface area (TPSA) is 0 Å². The summed E-state index contributed by atoms with van der Waals surface area (Å²) >= 11 is 2.59. The van der Waals surface area contributed by atoms with E-state index in [1.165, 1.54) is 0 Å². The van der Waals surface area contributed by atoms with Crippen molar-refractivity contribution in [3.8, 4) is 0 Å². The van der Waals surface area contributed by atoms with Gasteiger partial charge in [-0.25, -0.2) is 0 Å². The van der Waals surface area contributed by atoms with Gasteiger partial charge < -0.3 is 0 Å². The summed E-state index contributed by atoms with van der Waals surface area (Å²) in [5.41, 5.74) is 9.50. The molecule has 0 bridgehead atoms. The van der Waals surface area contributed by atoms with Crippen molar-refractivity contribution >= 4 is 29.2 Å². The Morgan fingerprint density at radius 1 is 1.00 bits per heavy atom. The first-order chi connectivity index (χ1) is 2.24. The molecule has 0 aliphatic heterocycles. The minimum absolute atomic E-state index is 1.52. The van der Waals surface area contributed by atoms with Gasteiger partial charge in [-0.2, -0.15) is 0 Å².